The molecule has 0 aliphatic rings. The average molecular weight is 348 g/mol. The van der Waals surface area contributed by atoms with E-state index in [1.54, 1.807) is 0 Å². The predicted molar refractivity (Wildman–Crippen MR) is 91.9 cm³/mol. The molecule has 0 atom stereocenters. The molecular formula is C18H22BrNO. The Balaban J connectivity index is 2.15. The van der Waals surface area contributed by atoms with Crippen LogP contribution in [-0.2, 0) is 13.2 Å². The van der Waals surface area contributed by atoms with Crippen LogP contribution in [0.4, 0.5) is 0 Å². The molecule has 3 heteroatoms. The SMILES string of the molecule is CNCc1cc(OCc2c(C)cc(C)cc2C)ccc1Br. The number of rotatable bonds is 5. The van der Waals surface area contributed by atoms with Crippen LogP contribution in [0.2, 0.25) is 0 Å². The third-order valence-electron chi connectivity index (χ3n) is 3.61. The Bertz CT molecular complexity index is 614. The van der Waals surface area contributed by atoms with Crippen LogP contribution in [0.25, 0.3) is 0 Å². The molecule has 0 amide bonds. The molecule has 0 aromatic heterocycles. The van der Waals surface area contributed by atoms with Gasteiger partial charge in [0, 0.05) is 11.0 Å². The lowest BCUT2D eigenvalue weighted by Crippen LogP contribution is -2.06. The minimum Gasteiger partial charge on any atom is -0.489 e. The first-order valence-corrected chi connectivity index (χ1v) is 7.93. The lowest BCUT2D eigenvalue weighted by atomic mass is 10.0. The molecule has 0 spiro atoms. The summed E-state index contributed by atoms with van der Waals surface area (Å²) in [4.78, 5) is 0. The van der Waals surface area contributed by atoms with Gasteiger partial charge in [0.1, 0.15) is 12.4 Å². The normalized spacial score (nSPS) is 10.7. The summed E-state index contributed by atoms with van der Waals surface area (Å²) in [5.74, 6) is 0.905. The summed E-state index contributed by atoms with van der Waals surface area (Å²) in [6.07, 6.45) is 0. The Morgan fingerprint density at radius 2 is 1.71 bits per heavy atom. The zero-order valence-electron chi connectivity index (χ0n) is 13.1. The second-order valence-corrected chi connectivity index (χ2v) is 6.30. The summed E-state index contributed by atoms with van der Waals surface area (Å²) >= 11 is 3.56. The van der Waals surface area contributed by atoms with Gasteiger partial charge in [0.15, 0.2) is 0 Å². The molecule has 0 aliphatic carbocycles. The van der Waals surface area contributed by atoms with E-state index >= 15 is 0 Å². The van der Waals surface area contributed by atoms with Crippen LogP contribution in [0.1, 0.15) is 27.8 Å². The van der Waals surface area contributed by atoms with Gasteiger partial charge in [-0.1, -0.05) is 33.6 Å². The molecule has 0 heterocycles. The maximum absolute atomic E-state index is 5.99. The van der Waals surface area contributed by atoms with Crippen molar-refractivity contribution in [3.8, 4) is 5.75 Å². The van der Waals surface area contributed by atoms with Gasteiger partial charge >= 0.3 is 0 Å². The average Bonchev–Trinajstić information content (AvgIpc) is 2.41. The van der Waals surface area contributed by atoms with Gasteiger partial charge in [-0.05, 0) is 68.3 Å². The van der Waals surface area contributed by atoms with Crippen molar-refractivity contribution in [2.75, 3.05) is 7.05 Å². The van der Waals surface area contributed by atoms with Crippen LogP contribution in [0.15, 0.2) is 34.8 Å². The summed E-state index contributed by atoms with van der Waals surface area (Å²) in [6, 6.07) is 10.5. The summed E-state index contributed by atoms with van der Waals surface area (Å²) in [5.41, 5.74) is 6.36. The molecule has 0 unspecified atom stereocenters. The van der Waals surface area contributed by atoms with E-state index < -0.39 is 0 Å². The fourth-order valence-electron chi connectivity index (χ4n) is 2.56. The van der Waals surface area contributed by atoms with Crippen LogP contribution in [0.3, 0.4) is 0 Å². The second-order valence-electron chi connectivity index (χ2n) is 5.45. The molecule has 2 aromatic rings. The maximum atomic E-state index is 5.99. The number of ether oxygens (including phenoxy) is 1. The number of hydrogen-bond acceptors (Lipinski definition) is 2. The minimum absolute atomic E-state index is 0.610. The highest BCUT2D eigenvalue weighted by atomic mass is 79.9. The quantitative estimate of drug-likeness (QED) is 0.848. The van der Waals surface area contributed by atoms with Crippen molar-refractivity contribution in [2.45, 2.75) is 33.9 Å². The van der Waals surface area contributed by atoms with Gasteiger partial charge in [-0.25, -0.2) is 0 Å². The number of benzene rings is 2. The molecule has 2 nitrogen and oxygen atoms in total. The molecule has 112 valence electrons. The highest BCUT2D eigenvalue weighted by molar-refractivity contribution is 9.10. The topological polar surface area (TPSA) is 21.3 Å². The van der Waals surface area contributed by atoms with Gasteiger partial charge in [0.2, 0.25) is 0 Å². The molecule has 2 rings (SSSR count). The Kier molecular flexibility index (Phi) is 5.43. The van der Waals surface area contributed by atoms with Crippen molar-refractivity contribution in [3.63, 3.8) is 0 Å². The Labute approximate surface area is 135 Å². The van der Waals surface area contributed by atoms with Crippen molar-refractivity contribution in [1.82, 2.24) is 5.32 Å². The van der Waals surface area contributed by atoms with E-state index in [9.17, 15) is 0 Å². The molecule has 0 saturated heterocycles. The van der Waals surface area contributed by atoms with E-state index in [1.807, 2.05) is 19.2 Å². The van der Waals surface area contributed by atoms with Gasteiger partial charge in [-0.3, -0.25) is 0 Å². The number of halogens is 1. The molecule has 0 aliphatic heterocycles. The Morgan fingerprint density at radius 3 is 2.33 bits per heavy atom. The Hall–Kier alpha value is -1.32. The van der Waals surface area contributed by atoms with Crippen LogP contribution < -0.4 is 10.1 Å². The van der Waals surface area contributed by atoms with Crippen molar-refractivity contribution >= 4 is 15.9 Å². The smallest absolute Gasteiger partial charge is 0.120 e. The van der Waals surface area contributed by atoms with E-state index in [0.29, 0.717) is 6.61 Å². The van der Waals surface area contributed by atoms with Crippen molar-refractivity contribution in [3.05, 3.63) is 62.6 Å². The molecule has 21 heavy (non-hydrogen) atoms. The third kappa shape index (κ3) is 4.08. The predicted octanol–water partition coefficient (Wildman–Crippen LogP) is 4.67. The molecule has 0 saturated carbocycles. The second kappa shape index (κ2) is 7.10. The maximum Gasteiger partial charge on any atom is 0.120 e. The van der Waals surface area contributed by atoms with Gasteiger partial charge in [0.25, 0.3) is 0 Å². The minimum atomic E-state index is 0.610. The van der Waals surface area contributed by atoms with Crippen molar-refractivity contribution < 1.29 is 4.74 Å². The van der Waals surface area contributed by atoms with Gasteiger partial charge in [0.05, 0.1) is 0 Å². The van der Waals surface area contributed by atoms with Gasteiger partial charge in [-0.2, -0.15) is 0 Å². The van der Waals surface area contributed by atoms with E-state index in [-0.39, 0.29) is 0 Å². The lowest BCUT2D eigenvalue weighted by molar-refractivity contribution is 0.304. The zero-order chi connectivity index (χ0) is 15.4. The molecule has 1 N–H and O–H groups in total. The molecular weight excluding hydrogens is 326 g/mol. The standard InChI is InChI=1S/C18H22BrNO/c1-12-7-13(2)17(14(3)8-12)11-21-16-5-6-18(19)15(9-16)10-20-4/h5-9,20H,10-11H2,1-4H3. The summed E-state index contributed by atoms with van der Waals surface area (Å²) < 4.78 is 7.09. The Morgan fingerprint density at radius 1 is 1.05 bits per heavy atom. The summed E-state index contributed by atoms with van der Waals surface area (Å²) in [6.45, 7) is 7.85. The highest BCUT2D eigenvalue weighted by Gasteiger charge is 2.06. The van der Waals surface area contributed by atoms with Crippen LogP contribution in [-0.4, -0.2) is 7.05 Å². The summed E-state index contributed by atoms with van der Waals surface area (Å²) in [5, 5.41) is 3.16. The van der Waals surface area contributed by atoms with E-state index in [1.165, 1.54) is 27.8 Å². The fraction of sp³-hybridized carbons (Fsp3) is 0.333. The number of aryl methyl sites for hydroxylation is 3. The lowest BCUT2D eigenvalue weighted by Gasteiger charge is -2.14. The van der Waals surface area contributed by atoms with Gasteiger partial charge in [-0.15, -0.1) is 0 Å². The first-order chi connectivity index (χ1) is 10.0. The van der Waals surface area contributed by atoms with Crippen LogP contribution >= 0.6 is 15.9 Å². The zero-order valence-corrected chi connectivity index (χ0v) is 14.7. The van der Waals surface area contributed by atoms with Crippen LogP contribution in [0, 0.1) is 20.8 Å². The van der Waals surface area contributed by atoms with Crippen LogP contribution in [0.5, 0.6) is 5.75 Å². The first kappa shape index (κ1) is 16.1. The third-order valence-corrected chi connectivity index (χ3v) is 4.38. The number of nitrogens with one attached hydrogen (secondary N) is 1. The number of hydrogen-bond donors (Lipinski definition) is 1. The molecule has 0 radical (unpaired) electrons. The highest BCUT2D eigenvalue weighted by Crippen LogP contribution is 2.24. The molecule has 0 fully saturated rings. The fourth-order valence-corrected chi connectivity index (χ4v) is 2.95. The van der Waals surface area contributed by atoms with E-state index in [0.717, 1.165) is 16.8 Å². The molecule has 0 bridgehead atoms. The largest absolute Gasteiger partial charge is 0.489 e. The van der Waals surface area contributed by atoms with Gasteiger partial charge < -0.3 is 10.1 Å². The first-order valence-electron chi connectivity index (χ1n) is 7.14. The molecule has 2 aromatic carbocycles. The summed E-state index contributed by atoms with van der Waals surface area (Å²) in [7, 11) is 1.94. The van der Waals surface area contributed by atoms with Crippen molar-refractivity contribution in [2.24, 2.45) is 0 Å². The van der Waals surface area contributed by atoms with E-state index in [4.69, 9.17) is 4.74 Å². The monoisotopic (exact) mass is 347 g/mol. The van der Waals surface area contributed by atoms with Crippen molar-refractivity contribution in [1.29, 1.82) is 0 Å². The van der Waals surface area contributed by atoms with E-state index in [2.05, 4.69) is 60.2 Å².